The molecule has 0 saturated heterocycles. The zero-order valence-corrected chi connectivity index (χ0v) is 16.4. The summed E-state index contributed by atoms with van der Waals surface area (Å²) in [4.78, 5) is 50.3. The molecule has 30 heavy (non-hydrogen) atoms. The average Bonchev–Trinajstić information content (AvgIpc) is 3.21. The van der Waals surface area contributed by atoms with Crippen molar-refractivity contribution in [3.05, 3.63) is 70.2 Å². The maximum Gasteiger partial charge on any atom is 0.420 e. The number of benzene rings is 2. The standard InChI is InChI=1S/C22H20N2O6/c1-14(24-17-10-4-5-11-18(17)30-22(24)28)21(27)29-13-7-6-12-23-19(25)15-8-2-3-9-16(15)20(23)26/h2-5,8-11,14H,6-7,12-13H2,1H3/t14-/m0/s1. The first-order valence-corrected chi connectivity index (χ1v) is 9.71. The first kappa shape index (κ1) is 19.6. The molecule has 0 saturated carbocycles. The van der Waals surface area contributed by atoms with Crippen molar-refractivity contribution in [2.45, 2.75) is 25.8 Å². The van der Waals surface area contributed by atoms with E-state index in [4.69, 9.17) is 9.15 Å². The van der Waals surface area contributed by atoms with E-state index in [0.717, 1.165) is 0 Å². The Morgan fingerprint density at radius 2 is 1.60 bits per heavy atom. The number of nitrogens with zero attached hydrogens (tertiary/aromatic N) is 2. The SMILES string of the molecule is C[C@@H](C(=O)OCCCCN1C(=O)c2ccccc2C1=O)n1c(=O)oc2ccccc21. The third-order valence-corrected chi connectivity index (χ3v) is 5.15. The number of unbranched alkanes of at least 4 members (excludes halogenated alkanes) is 1. The van der Waals surface area contributed by atoms with Gasteiger partial charge < -0.3 is 9.15 Å². The van der Waals surface area contributed by atoms with Gasteiger partial charge in [0.2, 0.25) is 0 Å². The largest absolute Gasteiger partial charge is 0.464 e. The molecule has 1 aliphatic heterocycles. The number of aromatic nitrogens is 1. The minimum absolute atomic E-state index is 0.122. The molecular weight excluding hydrogens is 388 g/mol. The summed E-state index contributed by atoms with van der Waals surface area (Å²) in [5.41, 5.74) is 1.77. The molecule has 0 N–H and O–H groups in total. The van der Waals surface area contributed by atoms with Gasteiger partial charge in [-0.1, -0.05) is 24.3 Å². The van der Waals surface area contributed by atoms with E-state index >= 15 is 0 Å². The minimum Gasteiger partial charge on any atom is -0.464 e. The number of esters is 1. The van der Waals surface area contributed by atoms with E-state index in [1.165, 1.54) is 9.47 Å². The average molecular weight is 408 g/mol. The highest BCUT2D eigenvalue weighted by molar-refractivity contribution is 6.21. The van der Waals surface area contributed by atoms with Crippen LogP contribution >= 0.6 is 0 Å². The Bertz CT molecular complexity index is 1160. The molecule has 0 fully saturated rings. The second-order valence-electron chi connectivity index (χ2n) is 7.06. The van der Waals surface area contributed by atoms with Gasteiger partial charge in [0.05, 0.1) is 23.3 Å². The Morgan fingerprint density at radius 3 is 2.30 bits per heavy atom. The number of fused-ring (bicyclic) bond motifs is 2. The number of carbonyl (C=O) groups excluding carboxylic acids is 3. The zero-order valence-electron chi connectivity index (χ0n) is 16.4. The third kappa shape index (κ3) is 3.41. The van der Waals surface area contributed by atoms with Crippen molar-refractivity contribution < 1.29 is 23.5 Å². The van der Waals surface area contributed by atoms with Gasteiger partial charge in [-0.3, -0.25) is 19.1 Å². The van der Waals surface area contributed by atoms with Crippen LogP contribution in [0.1, 0.15) is 46.5 Å². The molecule has 0 spiro atoms. The molecule has 0 bridgehead atoms. The molecule has 1 aliphatic rings. The van der Waals surface area contributed by atoms with E-state index in [0.29, 0.717) is 35.1 Å². The number of hydrogen-bond donors (Lipinski definition) is 0. The monoisotopic (exact) mass is 408 g/mol. The Morgan fingerprint density at radius 1 is 0.967 bits per heavy atom. The lowest BCUT2D eigenvalue weighted by atomic mass is 10.1. The molecular formula is C22H20N2O6. The Kier molecular flexibility index (Phi) is 5.22. The van der Waals surface area contributed by atoms with Crippen LogP contribution < -0.4 is 5.76 Å². The van der Waals surface area contributed by atoms with Crippen LogP contribution in [0.4, 0.5) is 0 Å². The molecule has 3 aromatic rings. The van der Waals surface area contributed by atoms with Gasteiger partial charge in [-0.15, -0.1) is 0 Å². The van der Waals surface area contributed by atoms with Gasteiger partial charge in [0.1, 0.15) is 6.04 Å². The van der Waals surface area contributed by atoms with Gasteiger partial charge in [-0.05, 0) is 44.0 Å². The number of imide groups is 1. The van der Waals surface area contributed by atoms with E-state index in [-0.39, 0.29) is 25.0 Å². The van der Waals surface area contributed by atoms with Crippen molar-refractivity contribution in [1.29, 1.82) is 0 Å². The summed E-state index contributed by atoms with van der Waals surface area (Å²) in [7, 11) is 0. The quantitative estimate of drug-likeness (QED) is 0.339. The molecule has 0 radical (unpaired) electrons. The number of ether oxygens (including phenoxy) is 1. The van der Waals surface area contributed by atoms with Crippen LogP contribution in [0.5, 0.6) is 0 Å². The lowest BCUT2D eigenvalue weighted by Crippen LogP contribution is -2.31. The highest BCUT2D eigenvalue weighted by atomic mass is 16.5. The van der Waals surface area contributed by atoms with Crippen LogP contribution in [-0.4, -0.2) is 40.4 Å². The van der Waals surface area contributed by atoms with Crippen molar-refractivity contribution in [2.24, 2.45) is 0 Å². The summed E-state index contributed by atoms with van der Waals surface area (Å²) in [6, 6.07) is 12.7. The molecule has 8 heteroatoms. The Labute approximate surface area is 171 Å². The second kappa shape index (κ2) is 7.98. The van der Waals surface area contributed by atoms with Gasteiger partial charge in [0.25, 0.3) is 11.8 Å². The minimum atomic E-state index is -0.836. The predicted molar refractivity (Wildman–Crippen MR) is 107 cm³/mol. The summed E-state index contributed by atoms with van der Waals surface area (Å²) >= 11 is 0. The van der Waals surface area contributed by atoms with Crippen LogP contribution in [0.3, 0.4) is 0 Å². The molecule has 1 aromatic heterocycles. The van der Waals surface area contributed by atoms with Gasteiger partial charge in [0, 0.05) is 6.54 Å². The fourth-order valence-electron chi connectivity index (χ4n) is 3.56. The summed E-state index contributed by atoms with van der Waals surface area (Å²) in [5, 5.41) is 0. The van der Waals surface area contributed by atoms with Gasteiger partial charge in [-0.2, -0.15) is 0 Å². The van der Waals surface area contributed by atoms with Gasteiger partial charge in [0.15, 0.2) is 5.58 Å². The fourth-order valence-corrected chi connectivity index (χ4v) is 3.56. The number of amides is 2. The molecule has 2 heterocycles. The van der Waals surface area contributed by atoms with Crippen molar-refractivity contribution in [1.82, 2.24) is 9.47 Å². The van der Waals surface area contributed by atoms with Crippen LogP contribution in [-0.2, 0) is 9.53 Å². The number of carbonyl (C=O) groups is 3. The number of hydrogen-bond acceptors (Lipinski definition) is 6. The molecule has 0 unspecified atom stereocenters. The Hall–Kier alpha value is -3.68. The molecule has 0 aliphatic carbocycles. The molecule has 2 amide bonds. The summed E-state index contributed by atoms with van der Waals surface area (Å²) in [6.07, 6.45) is 0.981. The summed E-state index contributed by atoms with van der Waals surface area (Å²) < 4.78 is 11.7. The topological polar surface area (TPSA) is 98.8 Å². The van der Waals surface area contributed by atoms with E-state index in [2.05, 4.69) is 0 Å². The first-order valence-electron chi connectivity index (χ1n) is 9.71. The molecule has 154 valence electrons. The smallest absolute Gasteiger partial charge is 0.420 e. The van der Waals surface area contributed by atoms with E-state index in [9.17, 15) is 19.2 Å². The molecule has 8 nitrogen and oxygen atoms in total. The predicted octanol–water partition coefficient (Wildman–Crippen LogP) is 2.78. The molecule has 2 aromatic carbocycles. The van der Waals surface area contributed by atoms with Crippen molar-refractivity contribution in [2.75, 3.05) is 13.2 Å². The normalized spacial score (nSPS) is 14.2. The van der Waals surface area contributed by atoms with Gasteiger partial charge >= 0.3 is 11.7 Å². The summed E-state index contributed by atoms with van der Waals surface area (Å²) in [6.45, 7) is 1.95. The maximum atomic E-state index is 12.4. The number of oxazole rings is 1. The highest BCUT2D eigenvalue weighted by Crippen LogP contribution is 2.23. The first-order chi connectivity index (χ1) is 14.5. The summed E-state index contributed by atoms with van der Waals surface area (Å²) in [5.74, 6) is -1.77. The van der Waals surface area contributed by atoms with Crippen LogP contribution in [0.25, 0.3) is 11.1 Å². The molecule has 1 atom stereocenters. The number of rotatable bonds is 7. The van der Waals surface area contributed by atoms with Crippen molar-refractivity contribution in [3.63, 3.8) is 0 Å². The lowest BCUT2D eigenvalue weighted by Gasteiger charge is -2.14. The maximum absolute atomic E-state index is 12.4. The molecule has 4 rings (SSSR count). The second-order valence-corrected chi connectivity index (χ2v) is 7.06. The third-order valence-electron chi connectivity index (χ3n) is 5.15. The van der Waals surface area contributed by atoms with Crippen LogP contribution in [0, 0.1) is 0 Å². The van der Waals surface area contributed by atoms with Gasteiger partial charge in [-0.25, -0.2) is 9.59 Å². The lowest BCUT2D eigenvalue weighted by molar-refractivity contribution is -0.147. The highest BCUT2D eigenvalue weighted by Gasteiger charge is 2.34. The Balaban J connectivity index is 1.28. The zero-order chi connectivity index (χ0) is 21.3. The number of para-hydroxylation sites is 2. The van der Waals surface area contributed by atoms with Crippen molar-refractivity contribution in [3.8, 4) is 0 Å². The van der Waals surface area contributed by atoms with Crippen molar-refractivity contribution >= 4 is 28.9 Å². The van der Waals surface area contributed by atoms with Crippen LogP contribution in [0.2, 0.25) is 0 Å². The van der Waals surface area contributed by atoms with E-state index in [1.807, 2.05) is 0 Å². The van der Waals surface area contributed by atoms with Crippen LogP contribution in [0.15, 0.2) is 57.7 Å². The fraction of sp³-hybridized carbons (Fsp3) is 0.273. The van der Waals surface area contributed by atoms with E-state index in [1.54, 1.807) is 55.5 Å². The van der Waals surface area contributed by atoms with E-state index < -0.39 is 17.8 Å².